The maximum Gasteiger partial charge on any atom is 0.341 e. The van der Waals surface area contributed by atoms with E-state index in [1.54, 1.807) is 6.92 Å². The number of aromatic amines is 1. The number of fused-ring (bicyclic) bond motifs is 1. The number of hydrogen-bond donors (Lipinski definition) is 3. The van der Waals surface area contributed by atoms with Gasteiger partial charge in [0, 0.05) is 22.3 Å². The Balaban J connectivity index is 1.52. The van der Waals surface area contributed by atoms with Crippen molar-refractivity contribution in [2.24, 2.45) is 0 Å². The largest absolute Gasteiger partial charge is 0.452 e. The summed E-state index contributed by atoms with van der Waals surface area (Å²) in [6.45, 7) is 6.92. The number of amides is 2. The lowest BCUT2D eigenvalue weighted by atomic mass is 10.1. The van der Waals surface area contributed by atoms with Crippen LogP contribution in [0.2, 0.25) is 0 Å². The number of benzene rings is 2. The van der Waals surface area contributed by atoms with Crippen molar-refractivity contribution in [1.29, 1.82) is 0 Å². The summed E-state index contributed by atoms with van der Waals surface area (Å²) >= 11 is 0. The molecule has 0 aliphatic heterocycles. The van der Waals surface area contributed by atoms with Gasteiger partial charge in [-0.05, 0) is 44.9 Å². The van der Waals surface area contributed by atoms with Crippen LogP contribution < -0.4 is 10.6 Å². The SMILES string of the molecule is Cc1cc(C)c(NC(=O)CNC(=O)COC(=O)c2c(C)[nH]c3ccccc23)c(C)c1. The van der Waals surface area contributed by atoms with Crippen LogP contribution in [-0.2, 0) is 14.3 Å². The minimum Gasteiger partial charge on any atom is -0.452 e. The van der Waals surface area contributed by atoms with E-state index in [0.717, 1.165) is 33.3 Å². The standard InChI is InChI=1S/C23H25N3O4/c1-13-9-14(2)22(15(3)10-13)26-19(27)11-24-20(28)12-30-23(29)21-16(4)25-18-8-6-5-7-17(18)21/h5-10,25H,11-12H2,1-4H3,(H,24,28)(H,26,27). The van der Waals surface area contributed by atoms with Crippen LogP contribution in [0.15, 0.2) is 36.4 Å². The van der Waals surface area contributed by atoms with Crippen molar-refractivity contribution in [1.82, 2.24) is 10.3 Å². The molecule has 0 aliphatic rings. The summed E-state index contributed by atoms with van der Waals surface area (Å²) in [5, 5.41) is 6.02. The summed E-state index contributed by atoms with van der Waals surface area (Å²) in [4.78, 5) is 39.8. The molecular formula is C23H25N3O4. The number of carbonyl (C=O) groups excluding carboxylic acids is 3. The van der Waals surface area contributed by atoms with Gasteiger partial charge in [0.15, 0.2) is 6.61 Å². The molecule has 0 unspecified atom stereocenters. The van der Waals surface area contributed by atoms with E-state index < -0.39 is 18.5 Å². The Hall–Kier alpha value is -3.61. The van der Waals surface area contributed by atoms with E-state index in [0.29, 0.717) is 11.3 Å². The first-order valence-electron chi connectivity index (χ1n) is 9.65. The van der Waals surface area contributed by atoms with Crippen LogP contribution in [0, 0.1) is 27.7 Å². The lowest BCUT2D eigenvalue weighted by Crippen LogP contribution is -2.35. The molecule has 1 heterocycles. The van der Waals surface area contributed by atoms with Crippen molar-refractivity contribution in [3.8, 4) is 0 Å². The number of hydrogen-bond acceptors (Lipinski definition) is 4. The average Bonchev–Trinajstić information content (AvgIpc) is 3.03. The Kier molecular flexibility index (Phi) is 6.20. The molecule has 0 bridgehead atoms. The number of H-pyrrole nitrogens is 1. The van der Waals surface area contributed by atoms with E-state index in [-0.39, 0.29) is 12.5 Å². The Morgan fingerprint density at radius 1 is 0.967 bits per heavy atom. The van der Waals surface area contributed by atoms with E-state index in [1.165, 1.54) is 0 Å². The number of carbonyl (C=O) groups is 3. The minimum absolute atomic E-state index is 0.213. The summed E-state index contributed by atoms with van der Waals surface area (Å²) in [5.74, 6) is -1.49. The molecule has 0 radical (unpaired) electrons. The van der Waals surface area contributed by atoms with Crippen LogP contribution >= 0.6 is 0 Å². The lowest BCUT2D eigenvalue weighted by molar-refractivity contribution is -0.126. The van der Waals surface area contributed by atoms with Crippen molar-refractivity contribution in [2.45, 2.75) is 27.7 Å². The number of aryl methyl sites for hydroxylation is 4. The Bertz CT molecular complexity index is 1110. The second kappa shape index (κ2) is 8.82. The van der Waals surface area contributed by atoms with Crippen LogP contribution in [0.4, 0.5) is 5.69 Å². The van der Waals surface area contributed by atoms with Crippen LogP contribution in [0.25, 0.3) is 10.9 Å². The first kappa shape index (κ1) is 21.1. The van der Waals surface area contributed by atoms with Crippen molar-refractivity contribution in [3.63, 3.8) is 0 Å². The fraction of sp³-hybridized carbons (Fsp3) is 0.261. The number of esters is 1. The molecule has 156 valence electrons. The Labute approximate surface area is 174 Å². The maximum absolute atomic E-state index is 12.4. The first-order valence-corrected chi connectivity index (χ1v) is 9.65. The quantitative estimate of drug-likeness (QED) is 0.546. The fourth-order valence-corrected chi connectivity index (χ4v) is 3.53. The summed E-state index contributed by atoms with van der Waals surface area (Å²) in [6, 6.07) is 11.3. The highest BCUT2D eigenvalue weighted by Gasteiger charge is 2.18. The summed E-state index contributed by atoms with van der Waals surface area (Å²) < 4.78 is 5.14. The van der Waals surface area contributed by atoms with Gasteiger partial charge in [-0.1, -0.05) is 35.9 Å². The minimum atomic E-state index is -0.588. The molecule has 7 nitrogen and oxygen atoms in total. The molecule has 3 rings (SSSR count). The Morgan fingerprint density at radius 3 is 2.33 bits per heavy atom. The number of para-hydroxylation sites is 1. The monoisotopic (exact) mass is 407 g/mol. The number of ether oxygens (including phenoxy) is 1. The smallest absolute Gasteiger partial charge is 0.341 e. The van der Waals surface area contributed by atoms with Crippen molar-refractivity contribution < 1.29 is 19.1 Å². The molecule has 7 heteroatoms. The molecular weight excluding hydrogens is 382 g/mol. The number of rotatable bonds is 6. The maximum atomic E-state index is 12.4. The molecule has 30 heavy (non-hydrogen) atoms. The number of nitrogens with one attached hydrogen (secondary N) is 3. The third-order valence-corrected chi connectivity index (χ3v) is 4.82. The highest BCUT2D eigenvalue weighted by Crippen LogP contribution is 2.23. The molecule has 0 saturated heterocycles. The van der Waals surface area contributed by atoms with Gasteiger partial charge >= 0.3 is 5.97 Å². The molecule has 0 saturated carbocycles. The van der Waals surface area contributed by atoms with E-state index in [2.05, 4.69) is 15.6 Å². The van der Waals surface area contributed by atoms with Crippen molar-refractivity contribution in [3.05, 3.63) is 64.3 Å². The first-order chi connectivity index (χ1) is 14.3. The van der Waals surface area contributed by atoms with Gasteiger partial charge in [0.05, 0.1) is 12.1 Å². The van der Waals surface area contributed by atoms with Crippen LogP contribution in [0.5, 0.6) is 0 Å². The summed E-state index contributed by atoms with van der Waals surface area (Å²) in [6.07, 6.45) is 0. The molecule has 3 aromatic rings. The molecule has 0 spiro atoms. The predicted octanol–water partition coefficient (Wildman–Crippen LogP) is 3.31. The van der Waals surface area contributed by atoms with Gasteiger partial charge in [-0.25, -0.2) is 4.79 Å². The highest BCUT2D eigenvalue weighted by molar-refractivity contribution is 6.06. The zero-order valence-electron chi connectivity index (χ0n) is 17.5. The molecule has 2 aromatic carbocycles. The van der Waals surface area contributed by atoms with Crippen LogP contribution in [0.3, 0.4) is 0 Å². The molecule has 0 fully saturated rings. The van der Waals surface area contributed by atoms with Crippen molar-refractivity contribution in [2.75, 3.05) is 18.5 Å². The second-order valence-corrected chi connectivity index (χ2v) is 7.35. The van der Waals surface area contributed by atoms with Crippen LogP contribution in [0.1, 0.15) is 32.7 Å². The number of anilines is 1. The lowest BCUT2D eigenvalue weighted by Gasteiger charge is -2.13. The predicted molar refractivity (Wildman–Crippen MR) is 116 cm³/mol. The van der Waals surface area contributed by atoms with Crippen LogP contribution in [-0.4, -0.2) is 35.9 Å². The summed E-state index contributed by atoms with van der Waals surface area (Å²) in [5.41, 5.74) is 5.66. The van der Waals surface area contributed by atoms with E-state index in [4.69, 9.17) is 4.74 Å². The number of aromatic nitrogens is 1. The van der Waals surface area contributed by atoms with E-state index in [1.807, 2.05) is 57.2 Å². The van der Waals surface area contributed by atoms with E-state index in [9.17, 15) is 14.4 Å². The molecule has 3 N–H and O–H groups in total. The van der Waals surface area contributed by atoms with Gasteiger partial charge in [-0.2, -0.15) is 0 Å². The highest BCUT2D eigenvalue weighted by atomic mass is 16.5. The van der Waals surface area contributed by atoms with Gasteiger partial charge in [0.1, 0.15) is 0 Å². The molecule has 0 atom stereocenters. The average molecular weight is 407 g/mol. The normalized spacial score (nSPS) is 10.7. The van der Waals surface area contributed by atoms with Gasteiger partial charge in [-0.3, -0.25) is 9.59 Å². The molecule has 0 aliphatic carbocycles. The topological polar surface area (TPSA) is 100 Å². The van der Waals surface area contributed by atoms with Gasteiger partial charge in [0.2, 0.25) is 5.91 Å². The zero-order chi connectivity index (χ0) is 21.8. The molecule has 2 amide bonds. The third-order valence-electron chi connectivity index (χ3n) is 4.82. The van der Waals surface area contributed by atoms with Gasteiger partial charge in [0.25, 0.3) is 5.91 Å². The molecule has 1 aromatic heterocycles. The van der Waals surface area contributed by atoms with E-state index >= 15 is 0 Å². The summed E-state index contributed by atoms with van der Waals surface area (Å²) in [7, 11) is 0. The second-order valence-electron chi connectivity index (χ2n) is 7.35. The van der Waals surface area contributed by atoms with Gasteiger partial charge in [-0.15, -0.1) is 0 Å². The Morgan fingerprint density at radius 2 is 1.63 bits per heavy atom. The van der Waals surface area contributed by atoms with Gasteiger partial charge < -0.3 is 20.4 Å². The third kappa shape index (κ3) is 4.68. The van der Waals surface area contributed by atoms with Crippen molar-refractivity contribution >= 4 is 34.4 Å². The fourth-order valence-electron chi connectivity index (χ4n) is 3.53. The zero-order valence-corrected chi connectivity index (χ0v) is 17.5.